The van der Waals surface area contributed by atoms with Gasteiger partial charge in [-0.25, -0.2) is 3.93 Å². The summed E-state index contributed by atoms with van der Waals surface area (Å²) in [6.45, 7) is 0. The molecule has 0 bridgehead atoms. The van der Waals surface area contributed by atoms with E-state index >= 15 is 0 Å². The van der Waals surface area contributed by atoms with E-state index < -0.39 is 0 Å². The number of benzene rings is 1. The van der Waals surface area contributed by atoms with Gasteiger partial charge in [0, 0.05) is 22.4 Å². The number of imide groups is 1. The van der Waals surface area contributed by atoms with Crippen molar-refractivity contribution in [1.29, 1.82) is 0 Å². The molecule has 0 aromatic heterocycles. The first-order chi connectivity index (χ1) is 5.72. The molecule has 1 aromatic carbocycles. The summed E-state index contributed by atoms with van der Waals surface area (Å²) in [4.78, 5) is 22.5. The number of hydrogen-bond acceptors (Lipinski definition) is 2. The molecule has 0 fully saturated rings. The molecule has 0 unspecified atom stereocenters. The molecule has 0 aliphatic carbocycles. The van der Waals surface area contributed by atoms with Crippen LogP contribution in [0.15, 0.2) is 24.3 Å². The van der Waals surface area contributed by atoms with Gasteiger partial charge in [-0.2, -0.15) is 0 Å². The van der Waals surface area contributed by atoms with Crippen molar-refractivity contribution < 1.29 is 32.0 Å². The topological polar surface area (TPSA) is 37.4 Å². The van der Waals surface area contributed by atoms with E-state index in [9.17, 15) is 9.59 Å². The number of rotatable bonds is 0. The van der Waals surface area contributed by atoms with E-state index in [4.69, 9.17) is 0 Å². The molecule has 2 rings (SSSR count). The Hall–Kier alpha value is -0.420. The molecule has 1 aromatic rings. The van der Waals surface area contributed by atoms with Crippen LogP contribution in [0.2, 0.25) is 0 Å². The molecule has 0 saturated carbocycles. The van der Waals surface area contributed by atoms with Crippen LogP contribution in [-0.2, 0) is 22.4 Å². The van der Waals surface area contributed by atoms with E-state index in [0.29, 0.717) is 11.1 Å². The maximum absolute atomic E-state index is 11.3. The van der Waals surface area contributed by atoms with Gasteiger partial charge < -0.3 is 0 Å². The average molecular weight is 423 g/mol. The fourth-order valence-corrected chi connectivity index (χ4v) is 1.54. The van der Waals surface area contributed by atoms with Crippen molar-refractivity contribution in [3.63, 3.8) is 0 Å². The summed E-state index contributed by atoms with van der Waals surface area (Å²) < 4.78 is 0.942. The number of fused-ring (bicyclic) bond motifs is 1. The number of amides is 2. The second-order valence-corrected chi connectivity index (χ2v) is 3.15. The Labute approximate surface area is 98.9 Å². The molecule has 3 nitrogen and oxygen atoms in total. The van der Waals surface area contributed by atoms with Gasteiger partial charge in [-0.05, 0) is 12.1 Å². The van der Waals surface area contributed by atoms with Crippen LogP contribution in [0.1, 0.15) is 20.7 Å². The first kappa shape index (κ1) is 10.7. The monoisotopic (exact) mass is 422 g/mol. The van der Waals surface area contributed by atoms with E-state index in [-0.39, 0.29) is 34.2 Å². The largest absolute Gasteiger partial charge is 0.271 e. The zero-order valence-corrected chi connectivity index (χ0v) is 10.0. The smallest absolute Gasteiger partial charge is 0.268 e. The van der Waals surface area contributed by atoms with Crippen molar-refractivity contribution in [2.45, 2.75) is 0 Å². The fourth-order valence-electron chi connectivity index (χ4n) is 1.16. The molecule has 1 aliphatic heterocycles. The third-order valence-corrected chi connectivity index (χ3v) is 2.39. The Balaban J connectivity index is 0.000000845. The molecule has 2 amide bonds. The van der Waals surface area contributed by atoms with Gasteiger partial charge in [0.2, 0.25) is 0 Å². The average Bonchev–Trinajstić information content (AvgIpc) is 2.33. The van der Waals surface area contributed by atoms with Crippen molar-refractivity contribution in [3.05, 3.63) is 35.4 Å². The molecule has 1 aliphatic rings. The summed E-state index contributed by atoms with van der Waals surface area (Å²) in [7, 11) is 0. The second-order valence-electron chi connectivity index (χ2n) is 2.44. The summed E-state index contributed by atoms with van der Waals surface area (Å²) in [6, 6.07) is 6.74. The van der Waals surface area contributed by atoms with Gasteiger partial charge in [0.25, 0.3) is 11.8 Å². The Morgan fingerprint density at radius 3 is 1.77 bits per heavy atom. The SMILES string of the molecule is O=C1c2ccccc2C(=O)N1Br.[Au]. The maximum atomic E-state index is 11.3. The quantitative estimate of drug-likeness (QED) is 0.362. The van der Waals surface area contributed by atoms with Crippen molar-refractivity contribution in [2.75, 3.05) is 0 Å². The van der Waals surface area contributed by atoms with E-state index in [2.05, 4.69) is 16.1 Å². The summed E-state index contributed by atoms with van der Waals surface area (Å²) in [5, 5.41) is 0. The predicted octanol–water partition coefficient (Wildman–Crippen LogP) is 1.59. The number of halogens is 1. The zero-order valence-electron chi connectivity index (χ0n) is 6.25. The van der Waals surface area contributed by atoms with Gasteiger partial charge in [0.15, 0.2) is 0 Å². The van der Waals surface area contributed by atoms with Crippen LogP contribution in [-0.4, -0.2) is 15.7 Å². The zero-order chi connectivity index (χ0) is 8.72. The molecule has 1 radical (unpaired) electrons. The third kappa shape index (κ3) is 1.50. The van der Waals surface area contributed by atoms with Crippen LogP contribution in [0.3, 0.4) is 0 Å². The standard InChI is InChI=1S/C8H4BrNO2.Au/c9-10-7(11)5-3-1-2-4-6(5)8(10)12;/h1-4H;. The van der Waals surface area contributed by atoms with Crippen molar-refractivity contribution in [2.24, 2.45) is 0 Å². The van der Waals surface area contributed by atoms with Crippen molar-refractivity contribution in [1.82, 2.24) is 3.93 Å². The number of nitrogens with zero attached hydrogens (tertiary/aromatic N) is 1. The molecule has 5 heteroatoms. The number of carbonyl (C=O) groups excluding carboxylic acids is 2. The van der Waals surface area contributed by atoms with Crippen molar-refractivity contribution in [3.8, 4) is 0 Å². The molecule has 1 heterocycles. The third-order valence-electron chi connectivity index (χ3n) is 1.74. The summed E-state index contributed by atoms with van der Waals surface area (Å²) in [5.41, 5.74) is 0.916. The van der Waals surface area contributed by atoms with Crippen LogP contribution < -0.4 is 0 Å². The Morgan fingerprint density at radius 2 is 1.38 bits per heavy atom. The number of hydrogen-bond donors (Lipinski definition) is 0. The normalized spacial score (nSPS) is 14.1. The number of carbonyl (C=O) groups is 2. The van der Waals surface area contributed by atoms with Gasteiger partial charge in [0.1, 0.15) is 0 Å². The molecule has 13 heavy (non-hydrogen) atoms. The van der Waals surface area contributed by atoms with Crippen LogP contribution >= 0.6 is 16.1 Å². The molecule has 0 N–H and O–H groups in total. The minimum atomic E-state index is -0.296. The predicted molar refractivity (Wildman–Crippen MR) is 45.9 cm³/mol. The molecule has 0 atom stereocenters. The van der Waals surface area contributed by atoms with E-state index in [0.717, 1.165) is 3.93 Å². The maximum Gasteiger partial charge on any atom is 0.271 e. The van der Waals surface area contributed by atoms with Gasteiger partial charge in [-0.1, -0.05) is 12.1 Å². The fraction of sp³-hybridized carbons (Fsp3) is 0. The molecular weight excluding hydrogens is 419 g/mol. The molecule has 0 spiro atoms. The van der Waals surface area contributed by atoms with Gasteiger partial charge in [0.05, 0.1) is 27.3 Å². The van der Waals surface area contributed by atoms with Gasteiger partial charge in [-0.15, -0.1) is 0 Å². The van der Waals surface area contributed by atoms with E-state index in [1.54, 1.807) is 24.3 Å². The first-order valence-electron chi connectivity index (χ1n) is 3.35. The Kier molecular flexibility index (Phi) is 3.08. The Bertz CT molecular complexity index is 345. The first-order valence-corrected chi connectivity index (χ1v) is 4.06. The van der Waals surface area contributed by atoms with Crippen LogP contribution in [0.4, 0.5) is 0 Å². The van der Waals surface area contributed by atoms with E-state index in [1.807, 2.05) is 0 Å². The van der Waals surface area contributed by atoms with E-state index in [1.165, 1.54) is 0 Å². The molecule has 0 saturated heterocycles. The van der Waals surface area contributed by atoms with Crippen LogP contribution in [0.5, 0.6) is 0 Å². The Morgan fingerprint density at radius 1 is 1.00 bits per heavy atom. The summed E-state index contributed by atoms with van der Waals surface area (Å²) in [6.07, 6.45) is 0. The van der Waals surface area contributed by atoms with Crippen LogP contribution in [0.25, 0.3) is 0 Å². The van der Waals surface area contributed by atoms with Gasteiger partial charge in [-0.3, -0.25) is 9.59 Å². The van der Waals surface area contributed by atoms with Crippen LogP contribution in [0, 0.1) is 0 Å². The minimum Gasteiger partial charge on any atom is -0.268 e. The molecule has 71 valence electrons. The molecular formula is C8H4AuBrNO2. The summed E-state index contributed by atoms with van der Waals surface area (Å²) in [5.74, 6) is -0.591. The summed E-state index contributed by atoms with van der Waals surface area (Å²) >= 11 is 2.88. The second kappa shape index (κ2) is 3.75. The minimum absolute atomic E-state index is 0. The van der Waals surface area contributed by atoms with Gasteiger partial charge >= 0.3 is 0 Å². The van der Waals surface area contributed by atoms with Crippen molar-refractivity contribution >= 4 is 28.0 Å².